The van der Waals surface area contributed by atoms with Crippen LogP contribution in [-0.2, 0) is 4.74 Å². The molecule has 1 fully saturated rings. The van der Waals surface area contributed by atoms with Gasteiger partial charge in [-0.25, -0.2) is 13.9 Å². The SMILES string of the molecule is C[C@H](Nc1nc(F)cc(N2C(=O)OCC2[C@@H](C)O)n1)c1cnn(-c2ccc(F)cc2)c1. The van der Waals surface area contributed by atoms with E-state index in [4.69, 9.17) is 4.74 Å². The molecule has 11 heteroatoms. The Morgan fingerprint density at radius 3 is 2.68 bits per heavy atom. The molecule has 3 atom stereocenters. The summed E-state index contributed by atoms with van der Waals surface area (Å²) in [5.74, 6) is -1.24. The van der Waals surface area contributed by atoms with E-state index in [0.29, 0.717) is 5.69 Å². The van der Waals surface area contributed by atoms with E-state index in [1.54, 1.807) is 29.2 Å². The first-order valence-electron chi connectivity index (χ1n) is 9.57. The van der Waals surface area contributed by atoms with Crippen LogP contribution in [0.4, 0.5) is 25.3 Å². The standard InChI is InChI=1S/C20H20F2N6O3/c1-11(13-8-23-27(9-13)15-5-3-14(21)4-6-15)24-19-25-17(22)7-18(26-19)28-16(12(2)29)10-31-20(28)30/h3-9,11-12,16,29H,10H2,1-2H3,(H,24,25,26)/t11-,12+,16?/m0/s1. The summed E-state index contributed by atoms with van der Waals surface area (Å²) in [5, 5.41) is 17.1. The van der Waals surface area contributed by atoms with E-state index in [-0.39, 0.29) is 30.2 Å². The molecule has 1 aliphatic rings. The monoisotopic (exact) mass is 430 g/mol. The Bertz CT molecular complexity index is 1090. The number of cyclic esters (lactones) is 1. The fraction of sp³-hybridized carbons (Fsp3) is 0.300. The van der Waals surface area contributed by atoms with Crippen molar-refractivity contribution in [2.45, 2.75) is 32.0 Å². The lowest BCUT2D eigenvalue weighted by Crippen LogP contribution is -2.41. The number of halogens is 2. The molecule has 0 saturated carbocycles. The quantitative estimate of drug-likeness (QED) is 0.580. The smallest absolute Gasteiger partial charge is 0.416 e. The number of carbonyl (C=O) groups excluding carboxylic acids is 1. The lowest BCUT2D eigenvalue weighted by molar-refractivity contribution is 0.142. The fourth-order valence-electron chi connectivity index (χ4n) is 3.22. The lowest BCUT2D eigenvalue weighted by atomic mass is 10.2. The largest absolute Gasteiger partial charge is 0.447 e. The highest BCUT2D eigenvalue weighted by atomic mass is 19.1. The minimum Gasteiger partial charge on any atom is -0.447 e. The molecule has 2 N–H and O–H groups in total. The van der Waals surface area contributed by atoms with Crippen molar-refractivity contribution in [3.8, 4) is 5.69 Å². The van der Waals surface area contributed by atoms with E-state index in [1.165, 1.54) is 19.1 Å². The second-order valence-electron chi connectivity index (χ2n) is 7.19. The molecule has 1 aromatic carbocycles. The topological polar surface area (TPSA) is 105 Å². The predicted molar refractivity (Wildman–Crippen MR) is 107 cm³/mol. The number of rotatable bonds is 6. The Kier molecular flexibility index (Phi) is 5.51. The maximum Gasteiger partial charge on any atom is 0.416 e. The van der Waals surface area contributed by atoms with Crippen LogP contribution in [-0.4, -0.2) is 49.7 Å². The molecule has 1 unspecified atom stereocenters. The van der Waals surface area contributed by atoms with Crippen LogP contribution < -0.4 is 10.2 Å². The maximum absolute atomic E-state index is 14.2. The zero-order valence-corrected chi connectivity index (χ0v) is 16.7. The average molecular weight is 430 g/mol. The van der Waals surface area contributed by atoms with Crippen LogP contribution in [0, 0.1) is 11.8 Å². The molecule has 1 saturated heterocycles. The van der Waals surface area contributed by atoms with Crippen molar-refractivity contribution >= 4 is 17.9 Å². The first-order valence-corrected chi connectivity index (χ1v) is 9.57. The van der Waals surface area contributed by atoms with E-state index in [0.717, 1.165) is 16.5 Å². The van der Waals surface area contributed by atoms with Crippen LogP contribution in [0.5, 0.6) is 0 Å². The Labute approximate surface area is 176 Å². The van der Waals surface area contributed by atoms with Gasteiger partial charge in [-0.1, -0.05) is 0 Å². The van der Waals surface area contributed by atoms with Gasteiger partial charge < -0.3 is 15.2 Å². The Morgan fingerprint density at radius 2 is 1.97 bits per heavy atom. The van der Waals surface area contributed by atoms with E-state index in [2.05, 4.69) is 20.4 Å². The number of ether oxygens (including phenoxy) is 1. The Hall–Kier alpha value is -3.60. The molecule has 1 amide bonds. The number of amides is 1. The Balaban J connectivity index is 1.54. The minimum absolute atomic E-state index is 0.0161. The van der Waals surface area contributed by atoms with Gasteiger partial charge in [-0.3, -0.25) is 4.90 Å². The van der Waals surface area contributed by atoms with Gasteiger partial charge in [-0.2, -0.15) is 19.5 Å². The second kappa shape index (κ2) is 8.26. The molecule has 0 spiro atoms. The normalized spacial score (nSPS) is 18.0. The van der Waals surface area contributed by atoms with Gasteiger partial charge in [0.25, 0.3) is 0 Å². The summed E-state index contributed by atoms with van der Waals surface area (Å²) in [6, 6.07) is 5.83. The molecule has 4 rings (SSSR count). The summed E-state index contributed by atoms with van der Waals surface area (Å²) in [4.78, 5) is 21.1. The third kappa shape index (κ3) is 4.31. The number of aliphatic hydroxyl groups is 1. The Morgan fingerprint density at radius 1 is 1.23 bits per heavy atom. The fourth-order valence-corrected chi connectivity index (χ4v) is 3.22. The molecule has 1 aliphatic heterocycles. The van der Waals surface area contributed by atoms with Gasteiger partial charge in [0.15, 0.2) is 0 Å². The van der Waals surface area contributed by atoms with Gasteiger partial charge in [0.05, 0.1) is 24.0 Å². The molecule has 2 aromatic heterocycles. The summed E-state index contributed by atoms with van der Waals surface area (Å²) in [6.07, 6.45) is 1.75. The number of benzene rings is 1. The van der Waals surface area contributed by atoms with Crippen molar-refractivity contribution in [2.24, 2.45) is 0 Å². The molecule has 3 heterocycles. The summed E-state index contributed by atoms with van der Waals surface area (Å²) in [7, 11) is 0. The maximum atomic E-state index is 14.2. The molecule has 162 valence electrons. The van der Waals surface area contributed by atoms with Crippen LogP contribution in [0.2, 0.25) is 0 Å². The number of anilines is 2. The highest BCUT2D eigenvalue weighted by Gasteiger charge is 2.38. The first-order chi connectivity index (χ1) is 14.8. The second-order valence-corrected chi connectivity index (χ2v) is 7.19. The van der Waals surface area contributed by atoms with E-state index in [1.807, 2.05) is 6.92 Å². The molecule has 0 aliphatic carbocycles. The highest BCUT2D eigenvalue weighted by molar-refractivity contribution is 5.89. The summed E-state index contributed by atoms with van der Waals surface area (Å²) in [6.45, 7) is 3.30. The van der Waals surface area contributed by atoms with Gasteiger partial charge in [0, 0.05) is 17.8 Å². The van der Waals surface area contributed by atoms with Crippen molar-refractivity contribution in [3.63, 3.8) is 0 Å². The van der Waals surface area contributed by atoms with Crippen molar-refractivity contribution in [2.75, 3.05) is 16.8 Å². The molecule has 9 nitrogen and oxygen atoms in total. The molecule has 0 bridgehead atoms. The van der Waals surface area contributed by atoms with Crippen molar-refractivity contribution in [1.29, 1.82) is 0 Å². The van der Waals surface area contributed by atoms with Crippen LogP contribution in [0.25, 0.3) is 5.69 Å². The van der Waals surface area contributed by atoms with Crippen LogP contribution in [0.15, 0.2) is 42.7 Å². The number of nitrogens with one attached hydrogen (secondary N) is 1. The van der Waals surface area contributed by atoms with Crippen molar-refractivity contribution in [1.82, 2.24) is 19.7 Å². The van der Waals surface area contributed by atoms with Crippen molar-refractivity contribution in [3.05, 3.63) is 60.1 Å². The van der Waals surface area contributed by atoms with E-state index < -0.39 is 24.2 Å². The molecule has 3 aromatic rings. The molecule has 31 heavy (non-hydrogen) atoms. The van der Waals surface area contributed by atoms with Gasteiger partial charge in [0.1, 0.15) is 24.3 Å². The molecular weight excluding hydrogens is 410 g/mol. The van der Waals surface area contributed by atoms with Crippen molar-refractivity contribution < 1.29 is 23.4 Å². The van der Waals surface area contributed by atoms with Crippen LogP contribution >= 0.6 is 0 Å². The number of hydrogen-bond acceptors (Lipinski definition) is 7. The minimum atomic E-state index is -0.892. The van der Waals surface area contributed by atoms with E-state index in [9.17, 15) is 18.7 Å². The third-order valence-corrected chi connectivity index (χ3v) is 4.93. The zero-order valence-electron chi connectivity index (χ0n) is 16.7. The number of nitrogens with zero attached hydrogens (tertiary/aromatic N) is 5. The third-order valence-electron chi connectivity index (χ3n) is 4.93. The number of carbonyl (C=O) groups is 1. The summed E-state index contributed by atoms with van der Waals surface area (Å²) >= 11 is 0. The zero-order chi connectivity index (χ0) is 22.1. The summed E-state index contributed by atoms with van der Waals surface area (Å²) in [5.41, 5.74) is 1.43. The predicted octanol–water partition coefficient (Wildman–Crippen LogP) is 2.82. The van der Waals surface area contributed by atoms with E-state index >= 15 is 0 Å². The first kappa shape index (κ1) is 20.7. The number of aromatic nitrogens is 4. The number of hydrogen-bond donors (Lipinski definition) is 2. The highest BCUT2D eigenvalue weighted by Crippen LogP contribution is 2.26. The van der Waals surface area contributed by atoms with Gasteiger partial charge in [-0.05, 0) is 38.1 Å². The molecular formula is C20H20F2N6O3. The average Bonchev–Trinajstić information content (AvgIpc) is 3.35. The van der Waals surface area contributed by atoms with Gasteiger partial charge >= 0.3 is 6.09 Å². The van der Waals surface area contributed by atoms with Gasteiger partial charge in [-0.15, -0.1) is 0 Å². The number of aliphatic hydroxyl groups excluding tert-OH is 1. The van der Waals surface area contributed by atoms with Crippen LogP contribution in [0.1, 0.15) is 25.5 Å². The lowest BCUT2D eigenvalue weighted by Gasteiger charge is -2.23. The summed E-state index contributed by atoms with van der Waals surface area (Å²) < 4.78 is 33.8. The van der Waals surface area contributed by atoms with Crippen LogP contribution in [0.3, 0.4) is 0 Å². The molecule has 0 radical (unpaired) electrons. The van der Waals surface area contributed by atoms with Gasteiger partial charge in [0.2, 0.25) is 11.9 Å².